The first kappa shape index (κ1) is 14.4. The number of rotatable bonds is 4. The summed E-state index contributed by atoms with van der Waals surface area (Å²) in [6, 6.07) is 7.55. The summed E-state index contributed by atoms with van der Waals surface area (Å²) < 4.78 is 0. The molecule has 2 rings (SSSR count). The van der Waals surface area contributed by atoms with Crippen LogP contribution in [0.25, 0.3) is 0 Å². The molecule has 0 aromatic heterocycles. The highest BCUT2D eigenvalue weighted by Gasteiger charge is 2.22. The van der Waals surface area contributed by atoms with Crippen molar-refractivity contribution < 1.29 is 0 Å². The van der Waals surface area contributed by atoms with Crippen LogP contribution in [-0.2, 0) is 6.42 Å². The minimum absolute atomic E-state index is 0.718. The van der Waals surface area contributed by atoms with Crippen molar-refractivity contribution in [1.82, 2.24) is 0 Å². The van der Waals surface area contributed by atoms with Gasteiger partial charge in [-0.3, -0.25) is 0 Å². The van der Waals surface area contributed by atoms with Gasteiger partial charge in [0.15, 0.2) is 0 Å². The zero-order valence-electron chi connectivity index (χ0n) is 12.7. The molecule has 0 amide bonds. The minimum atomic E-state index is 0.718. The van der Waals surface area contributed by atoms with Crippen molar-refractivity contribution in [3.05, 3.63) is 29.3 Å². The number of aryl methyl sites for hydroxylation is 1. The largest absolute Gasteiger partial charge is 0.372 e. The molecular weight excluding hydrogens is 232 g/mol. The van der Waals surface area contributed by atoms with Crippen LogP contribution in [0.1, 0.15) is 43.7 Å². The van der Waals surface area contributed by atoms with Gasteiger partial charge in [-0.1, -0.05) is 13.0 Å². The van der Waals surface area contributed by atoms with E-state index in [2.05, 4.69) is 44.0 Å². The van der Waals surface area contributed by atoms with E-state index in [9.17, 15) is 0 Å². The molecule has 0 spiro atoms. The molecule has 0 radical (unpaired) electrons. The minimum Gasteiger partial charge on any atom is -0.372 e. The van der Waals surface area contributed by atoms with Gasteiger partial charge in [-0.25, -0.2) is 0 Å². The van der Waals surface area contributed by atoms with Gasteiger partial charge >= 0.3 is 0 Å². The van der Waals surface area contributed by atoms with E-state index in [4.69, 9.17) is 5.73 Å². The van der Waals surface area contributed by atoms with Crippen molar-refractivity contribution in [3.8, 4) is 0 Å². The van der Waals surface area contributed by atoms with Crippen LogP contribution >= 0.6 is 0 Å². The van der Waals surface area contributed by atoms with E-state index in [-0.39, 0.29) is 0 Å². The molecule has 1 saturated carbocycles. The summed E-state index contributed by atoms with van der Waals surface area (Å²) in [5.74, 6) is 0.915. The smallest absolute Gasteiger partial charge is 0.0368 e. The second-order valence-electron chi connectivity index (χ2n) is 6.17. The Morgan fingerprint density at radius 3 is 2.47 bits per heavy atom. The lowest BCUT2D eigenvalue weighted by Gasteiger charge is -2.35. The highest BCUT2D eigenvalue weighted by Crippen LogP contribution is 2.30. The topological polar surface area (TPSA) is 29.3 Å². The zero-order valence-corrected chi connectivity index (χ0v) is 12.7. The molecule has 106 valence electrons. The van der Waals surface area contributed by atoms with Gasteiger partial charge in [-0.05, 0) is 74.8 Å². The van der Waals surface area contributed by atoms with Gasteiger partial charge in [0, 0.05) is 18.8 Å². The molecule has 1 aromatic carbocycles. The van der Waals surface area contributed by atoms with E-state index in [1.807, 2.05) is 0 Å². The molecule has 0 unspecified atom stereocenters. The Bertz CT molecular complexity index is 406. The van der Waals surface area contributed by atoms with E-state index in [1.54, 1.807) is 0 Å². The summed E-state index contributed by atoms with van der Waals surface area (Å²) in [6.07, 6.45) is 6.40. The summed E-state index contributed by atoms with van der Waals surface area (Å²) in [7, 11) is 2.25. The number of nitrogens with two attached hydrogens (primary N) is 1. The second-order valence-corrected chi connectivity index (χ2v) is 6.17. The van der Waals surface area contributed by atoms with Crippen LogP contribution in [0.4, 0.5) is 5.69 Å². The maximum Gasteiger partial charge on any atom is 0.0368 e. The van der Waals surface area contributed by atoms with Crippen molar-refractivity contribution in [2.45, 2.75) is 52.0 Å². The van der Waals surface area contributed by atoms with Crippen LogP contribution in [0.15, 0.2) is 18.2 Å². The fourth-order valence-corrected chi connectivity index (χ4v) is 3.18. The number of hydrogen-bond donors (Lipinski definition) is 1. The van der Waals surface area contributed by atoms with Crippen LogP contribution in [0.5, 0.6) is 0 Å². The summed E-state index contributed by atoms with van der Waals surface area (Å²) in [4.78, 5) is 2.48. The number of nitrogens with zero attached hydrogens (tertiary/aromatic N) is 1. The van der Waals surface area contributed by atoms with Gasteiger partial charge in [0.25, 0.3) is 0 Å². The summed E-state index contributed by atoms with van der Waals surface area (Å²) in [5, 5.41) is 0. The fourth-order valence-electron chi connectivity index (χ4n) is 3.18. The predicted octanol–water partition coefficient (Wildman–Crippen LogP) is 3.51. The molecule has 0 saturated heterocycles. The lowest BCUT2D eigenvalue weighted by atomic mass is 9.86. The van der Waals surface area contributed by atoms with Crippen molar-refractivity contribution >= 4 is 5.69 Å². The molecule has 0 atom stereocenters. The maximum absolute atomic E-state index is 5.65. The van der Waals surface area contributed by atoms with Gasteiger partial charge in [0.05, 0.1) is 0 Å². The molecule has 2 nitrogen and oxygen atoms in total. The number of hydrogen-bond acceptors (Lipinski definition) is 2. The molecule has 0 heterocycles. The average molecular weight is 260 g/mol. The van der Waals surface area contributed by atoms with Gasteiger partial charge in [-0.2, -0.15) is 0 Å². The Labute approximate surface area is 118 Å². The molecular formula is C17H28N2. The molecule has 0 bridgehead atoms. The summed E-state index contributed by atoms with van der Waals surface area (Å²) in [6.45, 7) is 5.31. The van der Waals surface area contributed by atoms with Gasteiger partial charge in [0.1, 0.15) is 0 Å². The highest BCUT2D eigenvalue weighted by molar-refractivity contribution is 5.51. The lowest BCUT2D eigenvalue weighted by molar-refractivity contribution is 0.341. The molecule has 2 heteroatoms. The Kier molecular flexibility index (Phi) is 4.87. The van der Waals surface area contributed by atoms with E-state index >= 15 is 0 Å². The normalized spacial score (nSPS) is 23.4. The SMILES string of the molecule is Cc1cc(N(C)C2CCC(C)CC2)ccc1CCN. The van der Waals surface area contributed by atoms with E-state index < -0.39 is 0 Å². The fraction of sp³-hybridized carbons (Fsp3) is 0.647. The monoisotopic (exact) mass is 260 g/mol. The molecule has 1 aliphatic rings. The Hall–Kier alpha value is -1.02. The molecule has 0 aliphatic heterocycles. The standard InChI is InChI=1S/C17H28N2/c1-13-4-7-16(8-5-13)19(3)17-9-6-15(10-11-18)14(2)12-17/h6,9,12-13,16H,4-5,7-8,10-11,18H2,1-3H3. The zero-order chi connectivity index (χ0) is 13.8. The van der Waals surface area contributed by atoms with Gasteiger partial charge in [-0.15, -0.1) is 0 Å². The van der Waals surface area contributed by atoms with Gasteiger partial charge in [0.2, 0.25) is 0 Å². The second kappa shape index (κ2) is 6.42. The molecule has 19 heavy (non-hydrogen) atoms. The first-order valence-electron chi connectivity index (χ1n) is 7.64. The number of benzene rings is 1. The molecule has 1 aromatic rings. The predicted molar refractivity (Wildman–Crippen MR) is 83.8 cm³/mol. The molecule has 1 fully saturated rings. The Balaban J connectivity index is 2.06. The Morgan fingerprint density at radius 2 is 1.89 bits per heavy atom. The quantitative estimate of drug-likeness (QED) is 0.897. The van der Waals surface area contributed by atoms with Crippen LogP contribution in [0.3, 0.4) is 0 Å². The van der Waals surface area contributed by atoms with E-state index in [0.29, 0.717) is 0 Å². The number of anilines is 1. The van der Waals surface area contributed by atoms with Crippen molar-refractivity contribution in [2.24, 2.45) is 11.7 Å². The van der Waals surface area contributed by atoms with Crippen LogP contribution in [-0.4, -0.2) is 19.6 Å². The summed E-state index contributed by atoms with van der Waals surface area (Å²) >= 11 is 0. The third kappa shape index (κ3) is 3.50. The molecule has 1 aliphatic carbocycles. The van der Waals surface area contributed by atoms with Crippen molar-refractivity contribution in [2.75, 3.05) is 18.5 Å². The summed E-state index contributed by atoms with van der Waals surface area (Å²) in [5.41, 5.74) is 9.77. The highest BCUT2D eigenvalue weighted by atomic mass is 15.1. The molecule has 2 N–H and O–H groups in total. The van der Waals surface area contributed by atoms with E-state index in [1.165, 1.54) is 42.5 Å². The third-order valence-electron chi connectivity index (χ3n) is 4.68. The van der Waals surface area contributed by atoms with Crippen LogP contribution in [0, 0.1) is 12.8 Å². The van der Waals surface area contributed by atoms with Gasteiger partial charge < -0.3 is 10.6 Å². The average Bonchev–Trinajstić information content (AvgIpc) is 2.41. The van der Waals surface area contributed by atoms with E-state index in [0.717, 1.165) is 24.9 Å². The van der Waals surface area contributed by atoms with Crippen molar-refractivity contribution in [1.29, 1.82) is 0 Å². The lowest BCUT2D eigenvalue weighted by Crippen LogP contribution is -2.34. The Morgan fingerprint density at radius 1 is 1.21 bits per heavy atom. The van der Waals surface area contributed by atoms with Crippen LogP contribution < -0.4 is 10.6 Å². The first-order chi connectivity index (χ1) is 9.11. The van der Waals surface area contributed by atoms with Crippen LogP contribution in [0.2, 0.25) is 0 Å². The maximum atomic E-state index is 5.65. The first-order valence-corrected chi connectivity index (χ1v) is 7.64. The third-order valence-corrected chi connectivity index (χ3v) is 4.68. The van der Waals surface area contributed by atoms with Crippen molar-refractivity contribution in [3.63, 3.8) is 0 Å².